The van der Waals surface area contributed by atoms with Crippen LogP contribution < -0.4 is 10.6 Å². The lowest BCUT2D eigenvalue weighted by Gasteiger charge is -2.35. The molecule has 2 atom stereocenters. The predicted octanol–water partition coefficient (Wildman–Crippen LogP) is 4.14. The lowest BCUT2D eigenvalue weighted by atomic mass is 10.0. The van der Waals surface area contributed by atoms with Gasteiger partial charge in [-0.15, -0.1) is 11.3 Å². The standard InChI is InChI=1S/C23H27F2N5O3S/c1-11-15-18(23(6-7-23)29-19(15)31)34-17(11)16-12(24)9-26-20(28-16)27-14-5-8-30(10-13(14)25)21(32)33-22(2,3)4/h9,13-14H,5-8,10H2,1-4H3,(H,29,31)(H,26,27,28)/t13-,14+/m1/s1. The zero-order valence-electron chi connectivity index (χ0n) is 19.5. The number of carbonyl (C=O) groups excluding carboxylic acids is 2. The minimum absolute atomic E-state index is 0.0969. The number of rotatable bonds is 3. The molecule has 1 saturated heterocycles. The maximum atomic E-state index is 14.9. The summed E-state index contributed by atoms with van der Waals surface area (Å²) < 4.78 is 35.0. The quantitative estimate of drug-likeness (QED) is 0.670. The van der Waals surface area contributed by atoms with Gasteiger partial charge in [-0.05, 0) is 52.5 Å². The predicted molar refractivity (Wildman–Crippen MR) is 123 cm³/mol. The van der Waals surface area contributed by atoms with Crippen LogP contribution in [0.4, 0.5) is 19.5 Å². The number of carbonyl (C=O) groups is 2. The zero-order chi connectivity index (χ0) is 24.4. The largest absolute Gasteiger partial charge is 0.444 e. The lowest BCUT2D eigenvalue weighted by molar-refractivity contribution is 0.0125. The van der Waals surface area contributed by atoms with Gasteiger partial charge in [0.2, 0.25) is 5.95 Å². The summed E-state index contributed by atoms with van der Waals surface area (Å²) in [6.45, 7) is 7.28. The van der Waals surface area contributed by atoms with Gasteiger partial charge in [-0.1, -0.05) is 0 Å². The highest BCUT2D eigenvalue weighted by Crippen LogP contribution is 2.55. The minimum Gasteiger partial charge on any atom is -0.444 e. The molecular formula is C23H27F2N5O3S. The van der Waals surface area contributed by atoms with Crippen molar-refractivity contribution >= 4 is 29.3 Å². The van der Waals surface area contributed by atoms with Crippen LogP contribution in [-0.4, -0.2) is 57.8 Å². The number of hydrogen-bond donors (Lipinski definition) is 2. The highest BCUT2D eigenvalue weighted by atomic mass is 32.1. The number of alkyl halides is 1. The number of fused-ring (bicyclic) bond motifs is 2. The zero-order valence-corrected chi connectivity index (χ0v) is 20.3. The Morgan fingerprint density at radius 3 is 2.76 bits per heavy atom. The second-order valence-electron chi connectivity index (χ2n) is 10.2. The molecule has 2 fully saturated rings. The van der Waals surface area contributed by atoms with Crippen molar-refractivity contribution in [3.05, 3.63) is 28.0 Å². The third kappa shape index (κ3) is 3.99. The van der Waals surface area contributed by atoms with E-state index in [9.17, 15) is 18.4 Å². The lowest BCUT2D eigenvalue weighted by Crippen LogP contribution is -2.51. The van der Waals surface area contributed by atoms with Crippen LogP contribution in [0.1, 0.15) is 60.8 Å². The van der Waals surface area contributed by atoms with Crippen LogP contribution in [0.25, 0.3) is 10.6 Å². The number of nitrogens with one attached hydrogen (secondary N) is 2. The minimum atomic E-state index is -1.37. The van der Waals surface area contributed by atoms with Gasteiger partial charge in [-0.25, -0.2) is 23.5 Å². The molecule has 1 spiro atoms. The molecule has 1 aliphatic carbocycles. The molecule has 182 valence electrons. The molecule has 2 amide bonds. The Bertz CT molecular complexity index is 1170. The van der Waals surface area contributed by atoms with E-state index in [2.05, 4.69) is 20.6 Å². The number of nitrogens with zero attached hydrogens (tertiary/aromatic N) is 3. The Balaban J connectivity index is 1.33. The van der Waals surface area contributed by atoms with Crippen molar-refractivity contribution in [2.45, 2.75) is 70.3 Å². The molecule has 8 nitrogen and oxygen atoms in total. The fourth-order valence-electron chi connectivity index (χ4n) is 4.48. The van der Waals surface area contributed by atoms with Gasteiger partial charge in [-0.2, -0.15) is 0 Å². The molecule has 0 unspecified atom stereocenters. The third-order valence-corrected chi connectivity index (χ3v) is 7.88. The molecular weight excluding hydrogens is 464 g/mol. The van der Waals surface area contributed by atoms with E-state index in [1.165, 1.54) is 16.2 Å². The summed E-state index contributed by atoms with van der Waals surface area (Å²) in [5.74, 6) is -0.624. The molecule has 4 heterocycles. The molecule has 2 aromatic rings. The molecule has 34 heavy (non-hydrogen) atoms. The average Bonchev–Trinajstić information content (AvgIpc) is 3.35. The Kier molecular flexibility index (Phi) is 5.30. The second kappa shape index (κ2) is 7.86. The number of piperidine rings is 1. The molecule has 0 radical (unpaired) electrons. The van der Waals surface area contributed by atoms with Crippen molar-refractivity contribution in [3.8, 4) is 10.6 Å². The summed E-state index contributed by atoms with van der Waals surface area (Å²) in [6.07, 6.45) is 1.22. The van der Waals surface area contributed by atoms with E-state index in [0.717, 1.165) is 23.9 Å². The fourth-order valence-corrected chi connectivity index (χ4v) is 5.98. The van der Waals surface area contributed by atoms with E-state index >= 15 is 0 Å². The van der Waals surface area contributed by atoms with Gasteiger partial charge in [0.1, 0.15) is 17.5 Å². The molecule has 5 rings (SSSR count). The number of anilines is 1. The van der Waals surface area contributed by atoms with E-state index in [-0.39, 0.29) is 29.6 Å². The Hall–Kier alpha value is -2.82. The summed E-state index contributed by atoms with van der Waals surface area (Å²) in [4.78, 5) is 35.9. The Morgan fingerprint density at radius 1 is 1.38 bits per heavy atom. The topological polar surface area (TPSA) is 96.5 Å². The molecule has 2 aliphatic heterocycles. The molecule has 0 bridgehead atoms. The van der Waals surface area contributed by atoms with Crippen LogP contribution in [0, 0.1) is 12.7 Å². The summed E-state index contributed by atoms with van der Waals surface area (Å²) in [6, 6.07) is -0.632. The van der Waals surface area contributed by atoms with Crippen LogP contribution >= 0.6 is 11.3 Å². The summed E-state index contributed by atoms with van der Waals surface area (Å²) in [5.41, 5.74) is 0.451. The third-order valence-electron chi connectivity index (χ3n) is 6.38. The molecule has 2 aromatic heterocycles. The monoisotopic (exact) mass is 491 g/mol. The van der Waals surface area contributed by atoms with E-state index < -0.39 is 29.7 Å². The van der Waals surface area contributed by atoms with Crippen LogP contribution in [0.3, 0.4) is 0 Å². The van der Waals surface area contributed by atoms with Gasteiger partial charge < -0.3 is 20.3 Å². The van der Waals surface area contributed by atoms with Crippen molar-refractivity contribution in [1.29, 1.82) is 0 Å². The summed E-state index contributed by atoms with van der Waals surface area (Å²) in [5, 5.41) is 6.00. The molecule has 2 N–H and O–H groups in total. The first-order chi connectivity index (χ1) is 16.0. The van der Waals surface area contributed by atoms with Crippen LogP contribution in [0.15, 0.2) is 6.20 Å². The van der Waals surface area contributed by atoms with Gasteiger partial charge in [0.05, 0.1) is 34.8 Å². The number of halogens is 2. The normalized spacial score (nSPS) is 23.0. The second-order valence-corrected chi connectivity index (χ2v) is 11.2. The first kappa shape index (κ1) is 22.9. The SMILES string of the molecule is Cc1c(-c2nc(N[C@H]3CCN(C(=O)OC(C)(C)C)C[C@H]3F)ncc2F)sc2c1C(=O)NC21CC1. The van der Waals surface area contributed by atoms with E-state index in [1.807, 2.05) is 0 Å². The van der Waals surface area contributed by atoms with Crippen LogP contribution in [0.2, 0.25) is 0 Å². The number of aromatic nitrogens is 2. The summed E-state index contributed by atoms with van der Waals surface area (Å²) in [7, 11) is 0. The van der Waals surface area contributed by atoms with E-state index in [4.69, 9.17) is 4.74 Å². The maximum absolute atomic E-state index is 14.9. The van der Waals surface area contributed by atoms with Gasteiger partial charge in [0, 0.05) is 11.4 Å². The number of ether oxygens (including phenoxy) is 1. The van der Waals surface area contributed by atoms with Gasteiger partial charge >= 0.3 is 6.09 Å². The highest BCUT2D eigenvalue weighted by Gasteiger charge is 2.54. The van der Waals surface area contributed by atoms with Crippen molar-refractivity contribution in [1.82, 2.24) is 20.2 Å². The van der Waals surface area contributed by atoms with Crippen LogP contribution in [0.5, 0.6) is 0 Å². The summed E-state index contributed by atoms with van der Waals surface area (Å²) >= 11 is 1.38. The number of thiophene rings is 1. The molecule has 11 heteroatoms. The molecule has 1 saturated carbocycles. The van der Waals surface area contributed by atoms with Gasteiger partial charge in [0.15, 0.2) is 5.82 Å². The van der Waals surface area contributed by atoms with Gasteiger partial charge in [0.25, 0.3) is 5.91 Å². The van der Waals surface area contributed by atoms with E-state index in [1.54, 1.807) is 27.7 Å². The first-order valence-corrected chi connectivity index (χ1v) is 12.2. The highest BCUT2D eigenvalue weighted by molar-refractivity contribution is 7.16. The maximum Gasteiger partial charge on any atom is 0.410 e. The van der Waals surface area contributed by atoms with E-state index in [0.29, 0.717) is 29.0 Å². The molecule has 0 aromatic carbocycles. The van der Waals surface area contributed by atoms with Crippen molar-refractivity contribution in [3.63, 3.8) is 0 Å². The first-order valence-electron chi connectivity index (χ1n) is 11.4. The fraction of sp³-hybridized carbons (Fsp3) is 0.565. The van der Waals surface area contributed by atoms with Crippen molar-refractivity contribution in [2.24, 2.45) is 0 Å². The number of likely N-dealkylation sites (tertiary alicyclic amines) is 1. The Labute approximate surface area is 200 Å². The van der Waals surface area contributed by atoms with Crippen LogP contribution in [-0.2, 0) is 10.3 Å². The van der Waals surface area contributed by atoms with Gasteiger partial charge in [-0.3, -0.25) is 4.79 Å². The molecule has 3 aliphatic rings. The number of amides is 2. The number of hydrogen-bond acceptors (Lipinski definition) is 7. The average molecular weight is 492 g/mol. The van der Waals surface area contributed by atoms with Crippen molar-refractivity contribution in [2.75, 3.05) is 18.4 Å². The smallest absolute Gasteiger partial charge is 0.410 e. The Morgan fingerprint density at radius 2 is 2.12 bits per heavy atom. The van der Waals surface area contributed by atoms with Crippen molar-refractivity contribution < 1.29 is 23.1 Å².